The molecule has 2 nitrogen and oxygen atoms in total. The van der Waals surface area contributed by atoms with Gasteiger partial charge in [0.25, 0.3) is 0 Å². The number of benzene rings is 1. The molecule has 106 valence electrons. The second-order valence-electron chi connectivity index (χ2n) is 6.03. The van der Waals surface area contributed by atoms with E-state index in [4.69, 9.17) is 22.7 Å². The van der Waals surface area contributed by atoms with Crippen LogP contribution in [0.3, 0.4) is 0 Å². The molecule has 0 aliphatic carbocycles. The Morgan fingerprint density at radius 2 is 2.00 bits per heavy atom. The summed E-state index contributed by atoms with van der Waals surface area (Å²) in [5.41, 5.74) is 8.03. The molecule has 0 aromatic heterocycles. The zero-order valence-corrected chi connectivity index (χ0v) is 13.4. The fraction of sp³-hybridized carbons (Fsp3) is 0.562. The molecule has 1 rings (SSSR count). The molecule has 0 amide bonds. The molecule has 3 heteroatoms. The third kappa shape index (κ3) is 4.50. The predicted molar refractivity (Wildman–Crippen MR) is 85.9 cm³/mol. The first kappa shape index (κ1) is 16.0. The van der Waals surface area contributed by atoms with E-state index in [1.54, 1.807) is 0 Å². The highest BCUT2D eigenvalue weighted by Crippen LogP contribution is 2.26. The Labute approximate surface area is 122 Å². The summed E-state index contributed by atoms with van der Waals surface area (Å²) in [6, 6.07) is 6.41. The lowest BCUT2D eigenvalue weighted by Crippen LogP contribution is -2.31. The third-order valence-corrected chi connectivity index (χ3v) is 4.08. The van der Waals surface area contributed by atoms with Gasteiger partial charge in [-0.1, -0.05) is 52.0 Å². The minimum Gasteiger partial charge on any atom is -0.493 e. The SMILES string of the molecule is Cc1ccc(C(C)C)cc1OCCC(C)(C)C(N)=S. The molecule has 0 fully saturated rings. The Bertz CT molecular complexity index is 452. The van der Waals surface area contributed by atoms with Crippen LogP contribution in [0.25, 0.3) is 0 Å². The van der Waals surface area contributed by atoms with Crippen molar-refractivity contribution in [2.24, 2.45) is 11.1 Å². The highest BCUT2D eigenvalue weighted by molar-refractivity contribution is 7.80. The molecule has 0 saturated heterocycles. The van der Waals surface area contributed by atoms with E-state index in [2.05, 4.69) is 52.8 Å². The Morgan fingerprint density at radius 1 is 1.37 bits per heavy atom. The number of aryl methyl sites for hydroxylation is 1. The van der Waals surface area contributed by atoms with Crippen molar-refractivity contribution in [2.45, 2.75) is 47.0 Å². The molecular formula is C16H25NOS. The van der Waals surface area contributed by atoms with Gasteiger partial charge in [-0.3, -0.25) is 0 Å². The van der Waals surface area contributed by atoms with Crippen LogP contribution in [-0.2, 0) is 0 Å². The van der Waals surface area contributed by atoms with Crippen LogP contribution in [0.4, 0.5) is 0 Å². The summed E-state index contributed by atoms with van der Waals surface area (Å²) >= 11 is 5.06. The number of hydrogen-bond donors (Lipinski definition) is 1. The Hall–Kier alpha value is -1.09. The molecule has 0 saturated carbocycles. The summed E-state index contributed by atoms with van der Waals surface area (Å²) in [6.45, 7) is 11.2. The van der Waals surface area contributed by atoms with Gasteiger partial charge in [-0.25, -0.2) is 0 Å². The summed E-state index contributed by atoms with van der Waals surface area (Å²) in [4.78, 5) is 0.545. The van der Waals surface area contributed by atoms with Gasteiger partial charge in [-0.2, -0.15) is 0 Å². The lowest BCUT2D eigenvalue weighted by atomic mass is 9.90. The van der Waals surface area contributed by atoms with Gasteiger partial charge in [0.2, 0.25) is 0 Å². The number of nitrogens with two attached hydrogens (primary N) is 1. The molecule has 19 heavy (non-hydrogen) atoms. The van der Waals surface area contributed by atoms with Gasteiger partial charge in [0, 0.05) is 5.41 Å². The Morgan fingerprint density at radius 3 is 2.53 bits per heavy atom. The molecule has 0 aliphatic rings. The Kier molecular flexibility index (Phi) is 5.36. The van der Waals surface area contributed by atoms with Crippen LogP contribution in [0.2, 0.25) is 0 Å². The van der Waals surface area contributed by atoms with E-state index in [0.717, 1.165) is 17.7 Å². The molecule has 1 aromatic carbocycles. The first-order valence-electron chi connectivity index (χ1n) is 6.77. The number of rotatable bonds is 6. The lowest BCUT2D eigenvalue weighted by Gasteiger charge is -2.23. The van der Waals surface area contributed by atoms with Crippen LogP contribution in [0, 0.1) is 12.3 Å². The van der Waals surface area contributed by atoms with Gasteiger partial charge >= 0.3 is 0 Å². The highest BCUT2D eigenvalue weighted by Gasteiger charge is 2.21. The van der Waals surface area contributed by atoms with Gasteiger partial charge < -0.3 is 10.5 Å². The third-order valence-electron chi connectivity index (χ3n) is 3.53. The second-order valence-corrected chi connectivity index (χ2v) is 6.47. The minimum atomic E-state index is -0.154. The molecule has 0 bridgehead atoms. The van der Waals surface area contributed by atoms with Crippen LogP contribution >= 0.6 is 12.2 Å². The summed E-state index contributed by atoms with van der Waals surface area (Å²) in [5, 5.41) is 0. The number of ether oxygens (including phenoxy) is 1. The average molecular weight is 279 g/mol. The Balaban J connectivity index is 2.68. The van der Waals surface area contributed by atoms with Crippen molar-refractivity contribution in [1.29, 1.82) is 0 Å². The molecule has 0 atom stereocenters. The molecule has 0 spiro atoms. The number of hydrogen-bond acceptors (Lipinski definition) is 2. The number of thiocarbonyl (C=S) groups is 1. The summed E-state index contributed by atoms with van der Waals surface area (Å²) < 4.78 is 5.90. The zero-order chi connectivity index (χ0) is 14.6. The topological polar surface area (TPSA) is 35.2 Å². The van der Waals surface area contributed by atoms with E-state index in [1.807, 2.05) is 0 Å². The quantitative estimate of drug-likeness (QED) is 0.793. The van der Waals surface area contributed by atoms with E-state index in [0.29, 0.717) is 17.5 Å². The zero-order valence-electron chi connectivity index (χ0n) is 12.6. The van der Waals surface area contributed by atoms with Crippen molar-refractivity contribution in [1.82, 2.24) is 0 Å². The highest BCUT2D eigenvalue weighted by atomic mass is 32.1. The van der Waals surface area contributed by atoms with Crippen LogP contribution in [0.1, 0.15) is 51.2 Å². The molecule has 0 radical (unpaired) electrons. The first-order chi connectivity index (χ1) is 8.74. The van der Waals surface area contributed by atoms with E-state index >= 15 is 0 Å². The van der Waals surface area contributed by atoms with E-state index in [1.165, 1.54) is 5.56 Å². The maximum absolute atomic E-state index is 5.90. The van der Waals surface area contributed by atoms with Crippen molar-refractivity contribution < 1.29 is 4.74 Å². The van der Waals surface area contributed by atoms with Crippen molar-refractivity contribution in [2.75, 3.05) is 6.61 Å². The van der Waals surface area contributed by atoms with E-state index in [9.17, 15) is 0 Å². The van der Waals surface area contributed by atoms with Crippen molar-refractivity contribution in [3.63, 3.8) is 0 Å². The van der Waals surface area contributed by atoms with Gasteiger partial charge in [0.15, 0.2) is 0 Å². The maximum Gasteiger partial charge on any atom is 0.122 e. The van der Waals surface area contributed by atoms with Crippen LogP contribution < -0.4 is 10.5 Å². The molecule has 1 aromatic rings. The van der Waals surface area contributed by atoms with Gasteiger partial charge in [-0.05, 0) is 36.5 Å². The first-order valence-corrected chi connectivity index (χ1v) is 7.18. The summed E-state index contributed by atoms with van der Waals surface area (Å²) in [6.07, 6.45) is 0.827. The lowest BCUT2D eigenvalue weighted by molar-refractivity contribution is 0.268. The fourth-order valence-electron chi connectivity index (χ4n) is 1.67. The maximum atomic E-state index is 5.90. The predicted octanol–water partition coefficient (Wildman–Crippen LogP) is 4.20. The normalized spacial score (nSPS) is 11.7. The fourth-order valence-corrected chi connectivity index (χ4v) is 1.77. The molecule has 0 heterocycles. The van der Waals surface area contributed by atoms with Crippen molar-refractivity contribution in [3.05, 3.63) is 29.3 Å². The second kappa shape index (κ2) is 6.38. The van der Waals surface area contributed by atoms with Crippen molar-refractivity contribution >= 4 is 17.2 Å². The van der Waals surface area contributed by atoms with Crippen LogP contribution in [-0.4, -0.2) is 11.6 Å². The van der Waals surface area contributed by atoms with Gasteiger partial charge in [-0.15, -0.1) is 0 Å². The minimum absolute atomic E-state index is 0.154. The van der Waals surface area contributed by atoms with Crippen LogP contribution in [0.5, 0.6) is 5.75 Å². The summed E-state index contributed by atoms with van der Waals surface area (Å²) in [7, 11) is 0. The van der Waals surface area contributed by atoms with Crippen molar-refractivity contribution in [3.8, 4) is 5.75 Å². The van der Waals surface area contributed by atoms with Gasteiger partial charge in [0.05, 0.1) is 11.6 Å². The molecule has 0 aliphatic heterocycles. The van der Waals surface area contributed by atoms with E-state index in [-0.39, 0.29) is 5.41 Å². The van der Waals surface area contributed by atoms with E-state index < -0.39 is 0 Å². The van der Waals surface area contributed by atoms with Crippen LogP contribution in [0.15, 0.2) is 18.2 Å². The monoisotopic (exact) mass is 279 g/mol. The largest absolute Gasteiger partial charge is 0.493 e. The van der Waals surface area contributed by atoms with Gasteiger partial charge in [0.1, 0.15) is 5.75 Å². The smallest absolute Gasteiger partial charge is 0.122 e. The molecule has 2 N–H and O–H groups in total. The standard InChI is InChI=1S/C16H25NOS/c1-11(2)13-7-6-12(3)14(10-13)18-9-8-16(4,5)15(17)19/h6-7,10-11H,8-9H2,1-5H3,(H2,17,19). The average Bonchev–Trinajstić information content (AvgIpc) is 2.30. The molecule has 0 unspecified atom stereocenters. The summed E-state index contributed by atoms with van der Waals surface area (Å²) in [5.74, 6) is 1.47. The molecular weight excluding hydrogens is 254 g/mol.